The topological polar surface area (TPSA) is 29.1 Å². The van der Waals surface area contributed by atoms with E-state index >= 15 is 0 Å². The predicted molar refractivity (Wildman–Crippen MR) is 70.1 cm³/mol. The van der Waals surface area contributed by atoms with Crippen LogP contribution in [0.3, 0.4) is 0 Å². The number of amides is 1. The largest absolute Gasteiger partial charge is 0.349 e. The second-order valence-corrected chi connectivity index (χ2v) is 5.02. The minimum Gasteiger partial charge on any atom is -0.349 e. The van der Waals surface area contributed by atoms with Crippen LogP contribution in [0.25, 0.3) is 0 Å². The van der Waals surface area contributed by atoms with Crippen molar-refractivity contribution in [2.24, 2.45) is 0 Å². The normalized spacial score (nSPS) is 17.1. The Hall–Kier alpha value is -0.880. The summed E-state index contributed by atoms with van der Waals surface area (Å²) in [4.78, 5) is 12.0. The van der Waals surface area contributed by atoms with Gasteiger partial charge in [-0.2, -0.15) is 0 Å². The van der Waals surface area contributed by atoms with Gasteiger partial charge >= 0.3 is 0 Å². The maximum absolute atomic E-state index is 12.0. The summed E-state index contributed by atoms with van der Waals surface area (Å²) in [6, 6.07) is 8.05. The van der Waals surface area contributed by atoms with Gasteiger partial charge in [0, 0.05) is 11.6 Å². The average Bonchev–Trinajstić information content (AvgIpc) is 2.31. The van der Waals surface area contributed by atoms with Gasteiger partial charge in [0.1, 0.15) is 0 Å². The summed E-state index contributed by atoms with van der Waals surface area (Å²) in [7, 11) is 2.61. The van der Waals surface area contributed by atoms with E-state index in [0.29, 0.717) is 6.04 Å². The summed E-state index contributed by atoms with van der Waals surface area (Å²) in [5, 5.41) is 4.09. The third-order valence-corrected chi connectivity index (χ3v) is 3.65. The summed E-state index contributed by atoms with van der Waals surface area (Å²) in [5.41, 5.74) is 0.776. The third kappa shape index (κ3) is 2.82. The van der Waals surface area contributed by atoms with Crippen LogP contribution in [-0.4, -0.2) is 11.9 Å². The molecule has 0 heterocycles. The van der Waals surface area contributed by atoms with Gasteiger partial charge in [-0.1, -0.05) is 37.5 Å². The minimum absolute atomic E-state index is 0.0671. The molecule has 1 aromatic carbocycles. The average molecular weight is 235 g/mol. The fourth-order valence-corrected chi connectivity index (χ4v) is 2.55. The Morgan fingerprint density at radius 2 is 1.88 bits per heavy atom. The standard InChI is InChI=1S/C13H18NOP/c15-13(11-8-4-5-9-12(11)16)14-10-6-2-1-3-7-10/h4-5,8-10H,1-3,6-7,16H2,(H,14,15). The zero-order valence-electron chi connectivity index (χ0n) is 9.41. The Bertz CT molecular complexity index is 372. The quantitative estimate of drug-likeness (QED) is 0.783. The van der Waals surface area contributed by atoms with Crippen LogP contribution >= 0.6 is 9.24 Å². The van der Waals surface area contributed by atoms with Crippen LogP contribution in [-0.2, 0) is 0 Å². The second kappa shape index (κ2) is 5.45. The molecule has 1 unspecified atom stereocenters. The molecule has 1 aliphatic carbocycles. The molecular weight excluding hydrogens is 217 g/mol. The van der Waals surface area contributed by atoms with Crippen LogP contribution in [0, 0.1) is 0 Å². The Balaban J connectivity index is 2.00. The first-order valence-corrected chi connectivity index (χ1v) is 6.50. The van der Waals surface area contributed by atoms with E-state index in [1.807, 2.05) is 24.3 Å². The maximum Gasteiger partial charge on any atom is 0.252 e. The van der Waals surface area contributed by atoms with E-state index < -0.39 is 0 Å². The summed E-state index contributed by atoms with van der Waals surface area (Å²) in [6.07, 6.45) is 6.06. The third-order valence-electron chi connectivity index (χ3n) is 3.15. The number of rotatable bonds is 2. The lowest BCUT2D eigenvalue weighted by atomic mass is 9.95. The van der Waals surface area contributed by atoms with Crippen molar-refractivity contribution in [2.75, 3.05) is 0 Å². The SMILES string of the molecule is O=C(NC1CCCCC1)c1ccccc1P. The molecule has 2 rings (SSSR count). The lowest BCUT2D eigenvalue weighted by Gasteiger charge is -2.23. The van der Waals surface area contributed by atoms with Crippen LogP contribution in [0.4, 0.5) is 0 Å². The van der Waals surface area contributed by atoms with E-state index in [2.05, 4.69) is 14.6 Å². The summed E-state index contributed by atoms with van der Waals surface area (Å²) in [5.74, 6) is 0.0671. The van der Waals surface area contributed by atoms with E-state index in [9.17, 15) is 4.79 Å². The molecule has 0 spiro atoms. The van der Waals surface area contributed by atoms with Crippen LogP contribution in [0.1, 0.15) is 42.5 Å². The Kier molecular flexibility index (Phi) is 3.95. The Morgan fingerprint density at radius 1 is 1.19 bits per heavy atom. The molecule has 0 aliphatic heterocycles. The molecule has 1 fully saturated rings. The molecule has 1 atom stereocenters. The second-order valence-electron chi connectivity index (χ2n) is 4.40. The van der Waals surface area contributed by atoms with E-state index in [1.165, 1.54) is 19.3 Å². The molecule has 3 heteroatoms. The number of hydrogen-bond acceptors (Lipinski definition) is 1. The summed E-state index contributed by atoms with van der Waals surface area (Å²) >= 11 is 0. The highest BCUT2D eigenvalue weighted by Crippen LogP contribution is 2.17. The monoisotopic (exact) mass is 235 g/mol. The van der Waals surface area contributed by atoms with E-state index in [0.717, 1.165) is 23.7 Å². The highest BCUT2D eigenvalue weighted by atomic mass is 31.0. The zero-order chi connectivity index (χ0) is 11.4. The van der Waals surface area contributed by atoms with Crippen LogP contribution < -0.4 is 10.6 Å². The van der Waals surface area contributed by atoms with Crippen molar-refractivity contribution in [1.29, 1.82) is 0 Å². The van der Waals surface area contributed by atoms with Crippen molar-refractivity contribution in [3.8, 4) is 0 Å². The van der Waals surface area contributed by atoms with Crippen molar-refractivity contribution in [3.05, 3.63) is 29.8 Å². The highest BCUT2D eigenvalue weighted by molar-refractivity contribution is 7.27. The van der Waals surface area contributed by atoms with Gasteiger partial charge in [0.05, 0.1) is 0 Å². The molecule has 0 bridgehead atoms. The molecule has 2 nitrogen and oxygen atoms in total. The van der Waals surface area contributed by atoms with E-state index in [4.69, 9.17) is 0 Å². The molecule has 1 aliphatic rings. The first-order chi connectivity index (χ1) is 7.77. The molecule has 16 heavy (non-hydrogen) atoms. The van der Waals surface area contributed by atoms with Gasteiger partial charge in [-0.3, -0.25) is 4.79 Å². The summed E-state index contributed by atoms with van der Waals surface area (Å²) < 4.78 is 0. The number of benzene rings is 1. The van der Waals surface area contributed by atoms with Crippen molar-refractivity contribution in [1.82, 2.24) is 5.32 Å². The van der Waals surface area contributed by atoms with Gasteiger partial charge in [-0.05, 0) is 24.2 Å². The lowest BCUT2D eigenvalue weighted by Crippen LogP contribution is -2.37. The molecule has 1 amide bonds. The van der Waals surface area contributed by atoms with Gasteiger partial charge in [-0.15, -0.1) is 9.24 Å². The molecule has 1 aromatic rings. The maximum atomic E-state index is 12.0. The highest BCUT2D eigenvalue weighted by Gasteiger charge is 2.17. The molecule has 1 saturated carbocycles. The molecule has 1 N–H and O–H groups in total. The molecule has 0 aromatic heterocycles. The van der Waals surface area contributed by atoms with E-state index in [-0.39, 0.29) is 5.91 Å². The smallest absolute Gasteiger partial charge is 0.252 e. The lowest BCUT2D eigenvalue weighted by molar-refractivity contribution is 0.0929. The van der Waals surface area contributed by atoms with Crippen molar-refractivity contribution < 1.29 is 4.79 Å². The van der Waals surface area contributed by atoms with Crippen LogP contribution in [0.5, 0.6) is 0 Å². The minimum atomic E-state index is 0.0671. The van der Waals surface area contributed by atoms with Gasteiger partial charge in [-0.25, -0.2) is 0 Å². The van der Waals surface area contributed by atoms with Gasteiger partial charge in [0.15, 0.2) is 0 Å². The first-order valence-electron chi connectivity index (χ1n) is 5.93. The Labute approximate surface area is 99.0 Å². The van der Waals surface area contributed by atoms with Gasteiger partial charge < -0.3 is 5.32 Å². The summed E-state index contributed by atoms with van der Waals surface area (Å²) in [6.45, 7) is 0. The number of carbonyl (C=O) groups is 1. The predicted octanol–water partition coefficient (Wildman–Crippen LogP) is 2.25. The van der Waals surface area contributed by atoms with Crippen molar-refractivity contribution >= 4 is 20.5 Å². The molecular formula is C13H18NOP. The zero-order valence-corrected chi connectivity index (χ0v) is 10.6. The van der Waals surface area contributed by atoms with Gasteiger partial charge in [0.25, 0.3) is 5.91 Å². The number of nitrogens with one attached hydrogen (secondary N) is 1. The van der Waals surface area contributed by atoms with E-state index in [1.54, 1.807) is 0 Å². The van der Waals surface area contributed by atoms with Crippen LogP contribution in [0.2, 0.25) is 0 Å². The molecule has 0 radical (unpaired) electrons. The van der Waals surface area contributed by atoms with Crippen molar-refractivity contribution in [2.45, 2.75) is 38.1 Å². The number of carbonyl (C=O) groups excluding carboxylic acids is 1. The van der Waals surface area contributed by atoms with Gasteiger partial charge in [0.2, 0.25) is 0 Å². The Morgan fingerprint density at radius 3 is 2.56 bits per heavy atom. The van der Waals surface area contributed by atoms with Crippen LogP contribution in [0.15, 0.2) is 24.3 Å². The fourth-order valence-electron chi connectivity index (χ4n) is 2.21. The first kappa shape index (κ1) is 11.6. The fraction of sp³-hybridized carbons (Fsp3) is 0.462. The van der Waals surface area contributed by atoms with Crippen molar-refractivity contribution in [3.63, 3.8) is 0 Å². The number of hydrogen-bond donors (Lipinski definition) is 1. The molecule has 0 saturated heterocycles. The molecule has 86 valence electrons.